The number of rotatable bonds is 6. The van der Waals surface area contributed by atoms with Gasteiger partial charge < -0.3 is 5.32 Å². The summed E-state index contributed by atoms with van der Waals surface area (Å²) >= 11 is 1.95. The van der Waals surface area contributed by atoms with E-state index in [1.54, 1.807) is 0 Å². The molecule has 1 aromatic rings. The molecule has 0 aliphatic rings. The molecular weight excluding hydrogens is 238 g/mol. The zero-order valence-electron chi connectivity index (χ0n) is 12.4. The van der Waals surface area contributed by atoms with Crippen LogP contribution in [0.15, 0.2) is 29.2 Å². The van der Waals surface area contributed by atoms with Crippen LogP contribution < -0.4 is 5.32 Å². The molecule has 1 N–H and O–H groups in total. The van der Waals surface area contributed by atoms with Gasteiger partial charge in [-0.2, -0.15) is 0 Å². The average Bonchev–Trinajstić information content (AvgIpc) is 2.29. The van der Waals surface area contributed by atoms with Crippen molar-refractivity contribution in [1.29, 1.82) is 0 Å². The zero-order chi connectivity index (χ0) is 13.6. The van der Waals surface area contributed by atoms with Gasteiger partial charge in [-0.3, -0.25) is 0 Å². The Labute approximate surface area is 117 Å². The molecule has 0 heterocycles. The van der Waals surface area contributed by atoms with Crippen LogP contribution in [0.1, 0.15) is 46.6 Å². The van der Waals surface area contributed by atoms with Crippen molar-refractivity contribution in [3.05, 3.63) is 29.8 Å². The molecule has 1 aromatic carbocycles. The zero-order valence-corrected chi connectivity index (χ0v) is 13.2. The fourth-order valence-electron chi connectivity index (χ4n) is 1.79. The lowest BCUT2D eigenvalue weighted by molar-refractivity contribution is 0.589. The summed E-state index contributed by atoms with van der Waals surface area (Å²) in [5, 5.41) is 4.09. The summed E-state index contributed by atoms with van der Waals surface area (Å²) in [6.45, 7) is 13.5. The molecule has 0 fully saturated rings. The molecule has 0 spiro atoms. The summed E-state index contributed by atoms with van der Waals surface area (Å²) in [4.78, 5) is 1.37. The second-order valence-electron chi connectivity index (χ2n) is 5.91. The normalized spacial score (nSPS) is 13.6. The fourth-order valence-corrected chi connectivity index (χ4v) is 2.75. The fraction of sp³-hybridized carbons (Fsp3) is 0.625. The maximum atomic E-state index is 3.47. The van der Waals surface area contributed by atoms with E-state index in [0.29, 0.717) is 5.25 Å². The Hall–Kier alpha value is -0.470. The van der Waals surface area contributed by atoms with Gasteiger partial charge in [0.1, 0.15) is 0 Å². The van der Waals surface area contributed by atoms with Crippen molar-refractivity contribution in [3.63, 3.8) is 0 Å². The molecule has 1 rings (SSSR count). The molecule has 0 radical (unpaired) electrons. The van der Waals surface area contributed by atoms with Gasteiger partial charge in [0.25, 0.3) is 0 Å². The molecule has 0 aliphatic carbocycles. The summed E-state index contributed by atoms with van der Waals surface area (Å²) in [6, 6.07) is 9.02. The van der Waals surface area contributed by atoms with Gasteiger partial charge in [0, 0.05) is 16.7 Å². The summed E-state index contributed by atoms with van der Waals surface area (Å²) in [5.41, 5.74) is 1.65. The molecule has 0 saturated heterocycles. The van der Waals surface area contributed by atoms with E-state index < -0.39 is 0 Å². The van der Waals surface area contributed by atoms with Gasteiger partial charge in [-0.05, 0) is 36.1 Å². The summed E-state index contributed by atoms with van der Waals surface area (Å²) in [5.74, 6) is 0. The maximum absolute atomic E-state index is 3.47. The van der Waals surface area contributed by atoms with Crippen LogP contribution in [0, 0.1) is 0 Å². The van der Waals surface area contributed by atoms with E-state index in [4.69, 9.17) is 0 Å². The number of benzene rings is 1. The lowest BCUT2D eigenvalue weighted by atomic mass is 9.87. The van der Waals surface area contributed by atoms with Crippen LogP contribution in [-0.2, 0) is 5.41 Å². The maximum Gasteiger partial charge on any atom is 0.0191 e. The second-order valence-corrected chi connectivity index (χ2v) is 7.42. The Morgan fingerprint density at radius 2 is 1.78 bits per heavy atom. The van der Waals surface area contributed by atoms with Gasteiger partial charge in [-0.25, -0.2) is 0 Å². The first kappa shape index (κ1) is 15.6. The summed E-state index contributed by atoms with van der Waals surface area (Å²) < 4.78 is 0. The van der Waals surface area contributed by atoms with Crippen LogP contribution in [-0.4, -0.2) is 18.3 Å². The molecule has 0 amide bonds. The van der Waals surface area contributed by atoms with E-state index in [1.807, 2.05) is 11.8 Å². The number of hydrogen-bond acceptors (Lipinski definition) is 2. The first-order valence-electron chi connectivity index (χ1n) is 6.91. The van der Waals surface area contributed by atoms with Gasteiger partial charge >= 0.3 is 0 Å². The van der Waals surface area contributed by atoms with E-state index in [2.05, 4.69) is 64.2 Å². The van der Waals surface area contributed by atoms with Crippen molar-refractivity contribution in [1.82, 2.24) is 5.32 Å². The van der Waals surface area contributed by atoms with Crippen molar-refractivity contribution < 1.29 is 0 Å². The Morgan fingerprint density at radius 1 is 1.17 bits per heavy atom. The van der Waals surface area contributed by atoms with Crippen LogP contribution in [0.5, 0.6) is 0 Å². The Kier molecular flexibility index (Phi) is 6.24. The van der Waals surface area contributed by atoms with Crippen molar-refractivity contribution in [2.45, 2.75) is 56.6 Å². The van der Waals surface area contributed by atoms with Crippen LogP contribution in [0.4, 0.5) is 0 Å². The Balaban J connectivity index is 2.48. The first-order valence-corrected chi connectivity index (χ1v) is 7.79. The minimum Gasteiger partial charge on any atom is -0.316 e. The lowest BCUT2D eigenvalue weighted by Gasteiger charge is -2.19. The van der Waals surface area contributed by atoms with Crippen molar-refractivity contribution in [3.8, 4) is 0 Å². The van der Waals surface area contributed by atoms with E-state index >= 15 is 0 Å². The average molecular weight is 265 g/mol. The number of hydrogen-bond donors (Lipinski definition) is 1. The van der Waals surface area contributed by atoms with Gasteiger partial charge in [0.15, 0.2) is 0 Å². The van der Waals surface area contributed by atoms with Crippen molar-refractivity contribution in [2.75, 3.05) is 13.1 Å². The lowest BCUT2D eigenvalue weighted by Crippen LogP contribution is -2.23. The van der Waals surface area contributed by atoms with Crippen LogP contribution in [0.2, 0.25) is 0 Å². The molecule has 2 heteroatoms. The molecule has 1 nitrogen and oxygen atoms in total. The van der Waals surface area contributed by atoms with Crippen LogP contribution in [0.25, 0.3) is 0 Å². The smallest absolute Gasteiger partial charge is 0.0191 e. The second kappa shape index (κ2) is 7.20. The predicted molar refractivity (Wildman–Crippen MR) is 83.6 cm³/mol. The number of nitrogens with one attached hydrogen (secondary N) is 1. The third kappa shape index (κ3) is 5.45. The highest BCUT2D eigenvalue weighted by Crippen LogP contribution is 2.27. The van der Waals surface area contributed by atoms with Crippen LogP contribution >= 0.6 is 11.8 Å². The molecule has 0 aliphatic heterocycles. The first-order chi connectivity index (χ1) is 8.43. The molecule has 0 aromatic heterocycles. The monoisotopic (exact) mass is 265 g/mol. The van der Waals surface area contributed by atoms with E-state index in [0.717, 1.165) is 13.1 Å². The van der Waals surface area contributed by atoms with Gasteiger partial charge in [0.05, 0.1) is 0 Å². The highest BCUT2D eigenvalue weighted by Gasteiger charge is 2.13. The minimum atomic E-state index is 0.248. The summed E-state index contributed by atoms with van der Waals surface area (Å²) in [7, 11) is 0. The molecule has 0 bridgehead atoms. The highest BCUT2D eigenvalue weighted by atomic mass is 32.2. The molecule has 1 atom stereocenters. The molecule has 0 saturated carbocycles. The van der Waals surface area contributed by atoms with E-state index in [-0.39, 0.29) is 5.41 Å². The Bertz CT molecular complexity index is 337. The highest BCUT2D eigenvalue weighted by molar-refractivity contribution is 8.00. The Morgan fingerprint density at radius 3 is 2.28 bits per heavy atom. The largest absolute Gasteiger partial charge is 0.316 e. The topological polar surface area (TPSA) is 12.0 Å². The van der Waals surface area contributed by atoms with Crippen LogP contribution in [0.3, 0.4) is 0 Å². The van der Waals surface area contributed by atoms with Crippen molar-refractivity contribution >= 4 is 11.8 Å². The van der Waals surface area contributed by atoms with Crippen molar-refractivity contribution in [2.24, 2.45) is 0 Å². The third-order valence-electron chi connectivity index (χ3n) is 2.92. The van der Waals surface area contributed by atoms with Gasteiger partial charge in [-0.15, -0.1) is 11.8 Å². The molecule has 18 heavy (non-hydrogen) atoms. The predicted octanol–water partition coefficient (Wildman–Crippen LogP) is 4.46. The SMILES string of the molecule is CCCNCC(C)Sc1ccc(C(C)(C)C)cc1. The minimum absolute atomic E-state index is 0.248. The van der Waals surface area contributed by atoms with E-state index in [1.165, 1.54) is 16.9 Å². The van der Waals surface area contributed by atoms with E-state index in [9.17, 15) is 0 Å². The summed E-state index contributed by atoms with van der Waals surface area (Å²) in [6.07, 6.45) is 1.21. The number of thioether (sulfide) groups is 1. The third-order valence-corrected chi connectivity index (χ3v) is 4.03. The molecular formula is C16H27NS. The van der Waals surface area contributed by atoms with Gasteiger partial charge in [0.2, 0.25) is 0 Å². The van der Waals surface area contributed by atoms with Gasteiger partial charge in [-0.1, -0.05) is 46.8 Å². The standard InChI is InChI=1S/C16H27NS/c1-6-11-17-12-13(2)18-15-9-7-14(8-10-15)16(3,4)5/h7-10,13,17H,6,11-12H2,1-5H3. The quantitative estimate of drug-likeness (QED) is 0.602. The molecule has 102 valence electrons. The molecule has 1 unspecified atom stereocenters.